The number of benzene rings is 1. The Kier molecular flexibility index (Phi) is 2.76. The Morgan fingerprint density at radius 3 is 2.75 bits per heavy atom. The minimum absolute atomic E-state index is 0.281. The molecule has 3 heteroatoms. The van der Waals surface area contributed by atoms with E-state index in [-0.39, 0.29) is 5.82 Å². The van der Waals surface area contributed by atoms with E-state index < -0.39 is 5.60 Å². The van der Waals surface area contributed by atoms with Gasteiger partial charge in [-0.1, -0.05) is 6.07 Å². The van der Waals surface area contributed by atoms with Crippen LogP contribution in [0.15, 0.2) is 18.2 Å². The average Bonchev–Trinajstić information content (AvgIpc) is 2.46. The summed E-state index contributed by atoms with van der Waals surface area (Å²) < 4.78 is 13.2. The van der Waals surface area contributed by atoms with Gasteiger partial charge in [0.2, 0.25) is 0 Å². The number of aryl methyl sites for hydroxylation is 1. The number of aliphatic hydroxyl groups is 1. The fourth-order valence-corrected chi connectivity index (χ4v) is 2.57. The zero-order chi connectivity index (χ0) is 11.9. The van der Waals surface area contributed by atoms with Crippen LogP contribution in [-0.2, 0) is 5.60 Å². The molecule has 1 aliphatic rings. The Bertz CT molecular complexity index is 395. The van der Waals surface area contributed by atoms with Gasteiger partial charge in [-0.15, -0.1) is 0 Å². The zero-order valence-corrected chi connectivity index (χ0v) is 10.00. The summed E-state index contributed by atoms with van der Waals surface area (Å²) in [6.07, 6.45) is 0.661. The second kappa shape index (κ2) is 3.82. The molecule has 1 aliphatic heterocycles. The molecule has 1 N–H and O–H groups in total. The van der Waals surface area contributed by atoms with Crippen LogP contribution in [0.3, 0.4) is 0 Å². The van der Waals surface area contributed by atoms with Gasteiger partial charge in [0.05, 0.1) is 0 Å². The molecule has 2 rings (SSSR count). The fraction of sp³-hybridized carbons (Fsp3) is 0.538. The Balaban J connectivity index is 2.40. The highest BCUT2D eigenvalue weighted by Gasteiger charge is 2.41. The van der Waals surface area contributed by atoms with Crippen molar-refractivity contribution in [2.24, 2.45) is 0 Å². The number of nitrogens with zero attached hydrogens (tertiary/aromatic N) is 1. The second-order valence-electron chi connectivity index (χ2n) is 4.96. The summed E-state index contributed by atoms with van der Waals surface area (Å²) in [5.41, 5.74) is 0.774. The molecule has 0 radical (unpaired) electrons. The van der Waals surface area contributed by atoms with Crippen LogP contribution in [-0.4, -0.2) is 29.6 Å². The maximum absolute atomic E-state index is 13.2. The third-order valence-electron chi connectivity index (χ3n) is 3.60. The lowest BCUT2D eigenvalue weighted by atomic mass is 9.88. The van der Waals surface area contributed by atoms with Crippen molar-refractivity contribution in [3.63, 3.8) is 0 Å². The highest BCUT2D eigenvalue weighted by Crippen LogP contribution is 2.36. The highest BCUT2D eigenvalue weighted by molar-refractivity contribution is 5.33. The number of hydrogen-bond acceptors (Lipinski definition) is 2. The summed E-state index contributed by atoms with van der Waals surface area (Å²) >= 11 is 0. The smallest absolute Gasteiger partial charge is 0.123 e. The predicted octanol–water partition coefficient (Wildman–Crippen LogP) is 2.05. The normalized spacial score (nSPS) is 30.9. The first-order valence-corrected chi connectivity index (χ1v) is 5.61. The van der Waals surface area contributed by atoms with Gasteiger partial charge >= 0.3 is 0 Å². The van der Waals surface area contributed by atoms with Crippen molar-refractivity contribution < 1.29 is 9.50 Å². The number of hydrogen-bond donors (Lipinski definition) is 1. The van der Waals surface area contributed by atoms with Crippen LogP contribution in [0.25, 0.3) is 0 Å². The maximum atomic E-state index is 13.2. The molecule has 1 saturated heterocycles. The minimum atomic E-state index is -0.902. The lowest BCUT2D eigenvalue weighted by Crippen LogP contribution is -2.30. The monoisotopic (exact) mass is 223 g/mol. The van der Waals surface area contributed by atoms with Crippen LogP contribution >= 0.6 is 0 Å². The minimum Gasteiger partial charge on any atom is -0.384 e. The summed E-state index contributed by atoms with van der Waals surface area (Å²) in [6, 6.07) is 4.95. The van der Waals surface area contributed by atoms with E-state index in [4.69, 9.17) is 0 Å². The Hall–Kier alpha value is -0.930. The molecule has 0 aromatic heterocycles. The molecule has 2 nitrogen and oxygen atoms in total. The maximum Gasteiger partial charge on any atom is 0.123 e. The van der Waals surface area contributed by atoms with Gasteiger partial charge in [-0.2, -0.15) is 0 Å². The number of likely N-dealkylation sites (N-methyl/N-ethyl adjacent to an activating group) is 1. The molecule has 1 heterocycles. The molecule has 2 unspecified atom stereocenters. The standard InChI is InChI=1S/C13H18FNO/c1-9-4-5-11(14)6-12(9)13(16)7-10(2)15(3)8-13/h4-6,10,16H,7-8H2,1-3H3. The third-order valence-corrected chi connectivity index (χ3v) is 3.60. The van der Waals surface area contributed by atoms with E-state index in [0.29, 0.717) is 19.0 Å². The zero-order valence-electron chi connectivity index (χ0n) is 10.00. The topological polar surface area (TPSA) is 23.5 Å². The molecule has 0 bridgehead atoms. The lowest BCUT2D eigenvalue weighted by molar-refractivity contribution is 0.0476. The quantitative estimate of drug-likeness (QED) is 0.787. The van der Waals surface area contributed by atoms with E-state index in [1.54, 1.807) is 6.07 Å². The van der Waals surface area contributed by atoms with Crippen molar-refractivity contribution in [3.05, 3.63) is 35.1 Å². The van der Waals surface area contributed by atoms with E-state index in [1.165, 1.54) is 12.1 Å². The Morgan fingerprint density at radius 2 is 2.19 bits per heavy atom. The predicted molar refractivity (Wildman–Crippen MR) is 61.7 cm³/mol. The lowest BCUT2D eigenvalue weighted by Gasteiger charge is -2.24. The van der Waals surface area contributed by atoms with Gasteiger partial charge in [-0.25, -0.2) is 4.39 Å². The Labute approximate surface area is 95.7 Å². The second-order valence-corrected chi connectivity index (χ2v) is 4.96. The summed E-state index contributed by atoms with van der Waals surface area (Å²) in [5.74, 6) is -0.281. The molecule has 88 valence electrons. The summed E-state index contributed by atoms with van der Waals surface area (Å²) in [4.78, 5) is 2.10. The van der Waals surface area contributed by atoms with Gasteiger partial charge in [0.25, 0.3) is 0 Å². The molecule has 1 fully saturated rings. The van der Waals surface area contributed by atoms with Gasteiger partial charge in [0.15, 0.2) is 0 Å². The van der Waals surface area contributed by atoms with Crippen molar-refractivity contribution in [2.75, 3.05) is 13.6 Å². The largest absolute Gasteiger partial charge is 0.384 e. The van der Waals surface area contributed by atoms with E-state index in [0.717, 1.165) is 11.1 Å². The van der Waals surface area contributed by atoms with Crippen molar-refractivity contribution in [2.45, 2.75) is 31.9 Å². The van der Waals surface area contributed by atoms with Crippen LogP contribution in [0.1, 0.15) is 24.5 Å². The van der Waals surface area contributed by atoms with Crippen molar-refractivity contribution in [1.29, 1.82) is 0 Å². The first kappa shape index (κ1) is 11.6. The van der Waals surface area contributed by atoms with Crippen LogP contribution in [0.2, 0.25) is 0 Å². The van der Waals surface area contributed by atoms with E-state index in [2.05, 4.69) is 11.8 Å². The van der Waals surface area contributed by atoms with Crippen molar-refractivity contribution >= 4 is 0 Å². The molecule has 0 aliphatic carbocycles. The van der Waals surface area contributed by atoms with Crippen LogP contribution in [0.4, 0.5) is 4.39 Å². The molecule has 0 saturated carbocycles. The number of rotatable bonds is 1. The molecule has 0 amide bonds. The summed E-state index contributed by atoms with van der Waals surface area (Å²) in [7, 11) is 1.98. The van der Waals surface area contributed by atoms with Gasteiger partial charge < -0.3 is 10.0 Å². The first-order chi connectivity index (χ1) is 7.42. The molecule has 16 heavy (non-hydrogen) atoms. The number of β-amino-alcohol motifs (C(OH)–C–C–N with tert-alkyl or cyclic N) is 1. The van der Waals surface area contributed by atoms with Crippen molar-refractivity contribution in [1.82, 2.24) is 4.90 Å². The summed E-state index contributed by atoms with van der Waals surface area (Å²) in [5, 5.41) is 10.6. The van der Waals surface area contributed by atoms with Crippen LogP contribution in [0.5, 0.6) is 0 Å². The van der Waals surface area contributed by atoms with E-state index >= 15 is 0 Å². The molecule has 2 atom stereocenters. The van der Waals surface area contributed by atoms with Crippen molar-refractivity contribution in [3.8, 4) is 0 Å². The van der Waals surface area contributed by atoms with Crippen LogP contribution < -0.4 is 0 Å². The molecular weight excluding hydrogens is 205 g/mol. The fourth-order valence-electron chi connectivity index (χ4n) is 2.57. The highest BCUT2D eigenvalue weighted by atomic mass is 19.1. The molecule has 1 aromatic carbocycles. The van der Waals surface area contributed by atoms with Gasteiger partial charge in [0, 0.05) is 12.6 Å². The third kappa shape index (κ3) is 1.85. The van der Waals surface area contributed by atoms with E-state index in [9.17, 15) is 9.50 Å². The molecule has 0 spiro atoms. The van der Waals surface area contributed by atoms with Gasteiger partial charge in [-0.3, -0.25) is 0 Å². The average molecular weight is 223 g/mol. The summed E-state index contributed by atoms with van der Waals surface area (Å²) in [6.45, 7) is 4.56. The SMILES string of the molecule is Cc1ccc(F)cc1C1(O)CC(C)N(C)C1. The number of likely N-dealkylation sites (tertiary alicyclic amines) is 1. The Morgan fingerprint density at radius 1 is 1.50 bits per heavy atom. The van der Waals surface area contributed by atoms with E-state index in [1.807, 2.05) is 14.0 Å². The molecule has 1 aromatic rings. The molecular formula is C13H18FNO. The first-order valence-electron chi connectivity index (χ1n) is 5.61. The van der Waals surface area contributed by atoms with Gasteiger partial charge in [-0.05, 0) is 50.6 Å². The van der Waals surface area contributed by atoms with Crippen LogP contribution in [0, 0.1) is 12.7 Å². The van der Waals surface area contributed by atoms with Gasteiger partial charge in [0.1, 0.15) is 11.4 Å². The number of halogens is 1.